The average Bonchev–Trinajstić information content (AvgIpc) is 3.23. The van der Waals surface area contributed by atoms with Crippen molar-refractivity contribution >= 4 is 38.6 Å². The highest BCUT2D eigenvalue weighted by atomic mass is 32.2. The number of rotatable bonds is 4. The van der Waals surface area contributed by atoms with Crippen LogP contribution in [0.1, 0.15) is 22.3 Å². The Bertz CT molecular complexity index is 1060. The Morgan fingerprint density at radius 2 is 1.89 bits per heavy atom. The average molecular weight is 399 g/mol. The zero-order chi connectivity index (χ0) is 18.9. The summed E-state index contributed by atoms with van der Waals surface area (Å²) in [4.78, 5) is 12.6. The van der Waals surface area contributed by atoms with Crippen molar-refractivity contribution in [2.45, 2.75) is 17.7 Å². The molecular formula is C20H18N2O3S2. The Hall–Kier alpha value is -2.64. The molecule has 4 rings (SSSR count). The normalized spacial score (nSPS) is 13.9. The molecular weight excluding hydrogens is 380 g/mol. The number of sulfonamides is 1. The summed E-state index contributed by atoms with van der Waals surface area (Å²) in [5, 5.41) is 6.47. The zero-order valence-corrected chi connectivity index (χ0v) is 16.1. The summed E-state index contributed by atoms with van der Waals surface area (Å²) in [6.45, 7) is 0.423. The number of carbonyl (C=O) groups is 1. The minimum Gasteiger partial charge on any atom is -0.322 e. The van der Waals surface area contributed by atoms with Crippen molar-refractivity contribution in [2.75, 3.05) is 16.2 Å². The number of nitrogens with one attached hydrogen (secondary N) is 1. The molecule has 138 valence electrons. The summed E-state index contributed by atoms with van der Waals surface area (Å²) in [7, 11) is -3.64. The molecule has 1 N–H and O–H groups in total. The highest BCUT2D eigenvalue weighted by Gasteiger charge is 2.29. The van der Waals surface area contributed by atoms with Crippen LogP contribution in [0.4, 0.5) is 11.4 Å². The predicted octanol–water partition coefficient (Wildman–Crippen LogP) is 4.14. The van der Waals surface area contributed by atoms with Crippen LogP contribution in [0.2, 0.25) is 0 Å². The van der Waals surface area contributed by atoms with Crippen molar-refractivity contribution in [1.82, 2.24) is 0 Å². The number of hydrogen-bond acceptors (Lipinski definition) is 4. The van der Waals surface area contributed by atoms with Gasteiger partial charge in [-0.1, -0.05) is 24.3 Å². The molecule has 0 bridgehead atoms. The van der Waals surface area contributed by atoms with Gasteiger partial charge in [0.15, 0.2) is 0 Å². The predicted molar refractivity (Wildman–Crippen MR) is 108 cm³/mol. The van der Waals surface area contributed by atoms with Crippen molar-refractivity contribution in [3.05, 3.63) is 76.5 Å². The third-order valence-corrected chi connectivity index (χ3v) is 7.04. The van der Waals surface area contributed by atoms with E-state index in [4.69, 9.17) is 0 Å². The molecule has 0 saturated heterocycles. The van der Waals surface area contributed by atoms with Gasteiger partial charge in [-0.05, 0) is 54.1 Å². The van der Waals surface area contributed by atoms with Gasteiger partial charge in [0, 0.05) is 17.6 Å². The lowest BCUT2D eigenvalue weighted by Crippen LogP contribution is -2.35. The topological polar surface area (TPSA) is 66.5 Å². The summed E-state index contributed by atoms with van der Waals surface area (Å²) in [6, 6.07) is 15.7. The number of benzene rings is 2. The summed E-state index contributed by atoms with van der Waals surface area (Å²) in [5.74, 6) is -0.204. The third kappa shape index (κ3) is 3.48. The standard InChI is InChI=1S/C20H18N2O3S2/c23-20(16-10-12-26-14-16)21-17-9-8-15-5-4-11-22(19(15)13-17)27(24,25)18-6-2-1-3-7-18/h1-3,6-10,12-14H,4-5,11H2,(H,21,23). The van der Waals surface area contributed by atoms with Gasteiger partial charge < -0.3 is 5.32 Å². The molecule has 2 heterocycles. The minimum atomic E-state index is -3.64. The van der Waals surface area contributed by atoms with E-state index in [9.17, 15) is 13.2 Å². The van der Waals surface area contributed by atoms with Crippen LogP contribution in [-0.2, 0) is 16.4 Å². The first-order valence-corrected chi connectivity index (χ1v) is 11.0. The van der Waals surface area contributed by atoms with Crippen molar-refractivity contribution in [1.29, 1.82) is 0 Å². The molecule has 1 aliphatic rings. The maximum Gasteiger partial charge on any atom is 0.264 e. The fourth-order valence-corrected chi connectivity index (χ4v) is 5.37. The van der Waals surface area contributed by atoms with Crippen LogP contribution in [0.3, 0.4) is 0 Å². The van der Waals surface area contributed by atoms with Crippen LogP contribution >= 0.6 is 11.3 Å². The molecule has 2 aromatic carbocycles. The summed E-state index contributed by atoms with van der Waals surface area (Å²) < 4.78 is 27.7. The molecule has 0 atom stereocenters. The third-order valence-electron chi connectivity index (χ3n) is 4.53. The van der Waals surface area contributed by atoms with Gasteiger partial charge in [-0.15, -0.1) is 0 Å². The number of nitrogens with zero attached hydrogens (tertiary/aromatic N) is 1. The fourth-order valence-electron chi connectivity index (χ4n) is 3.19. The van der Waals surface area contributed by atoms with Crippen LogP contribution in [0.5, 0.6) is 0 Å². The molecule has 0 radical (unpaired) electrons. The second-order valence-corrected chi connectivity index (χ2v) is 8.95. The Morgan fingerprint density at radius 1 is 1.07 bits per heavy atom. The van der Waals surface area contributed by atoms with Gasteiger partial charge in [-0.25, -0.2) is 8.42 Å². The number of fused-ring (bicyclic) bond motifs is 1. The maximum absolute atomic E-state index is 13.1. The van der Waals surface area contributed by atoms with Crippen LogP contribution < -0.4 is 9.62 Å². The zero-order valence-electron chi connectivity index (χ0n) is 14.5. The smallest absolute Gasteiger partial charge is 0.264 e. The number of carbonyl (C=O) groups excluding carboxylic acids is 1. The maximum atomic E-state index is 13.1. The van der Waals surface area contributed by atoms with Crippen LogP contribution in [0, 0.1) is 0 Å². The fraction of sp³-hybridized carbons (Fsp3) is 0.150. The first kappa shape index (κ1) is 17.8. The van der Waals surface area contributed by atoms with Crippen LogP contribution in [-0.4, -0.2) is 20.9 Å². The van der Waals surface area contributed by atoms with E-state index in [1.807, 2.05) is 17.5 Å². The number of thiophene rings is 1. The Kier molecular flexibility index (Phi) is 4.72. The number of hydrogen-bond donors (Lipinski definition) is 1. The number of amides is 1. The van der Waals surface area contributed by atoms with Crippen molar-refractivity contribution in [3.8, 4) is 0 Å². The van der Waals surface area contributed by atoms with Gasteiger partial charge in [0.25, 0.3) is 15.9 Å². The van der Waals surface area contributed by atoms with Gasteiger partial charge in [0.2, 0.25) is 0 Å². The molecule has 27 heavy (non-hydrogen) atoms. The van der Waals surface area contributed by atoms with Gasteiger partial charge in [0.1, 0.15) is 0 Å². The summed E-state index contributed by atoms with van der Waals surface area (Å²) >= 11 is 1.45. The van der Waals surface area contributed by atoms with Gasteiger partial charge in [0.05, 0.1) is 16.1 Å². The number of aryl methyl sites for hydroxylation is 1. The highest BCUT2D eigenvalue weighted by Crippen LogP contribution is 2.34. The molecule has 0 fully saturated rings. The first-order chi connectivity index (χ1) is 13.1. The summed E-state index contributed by atoms with van der Waals surface area (Å²) in [5.41, 5.74) is 2.77. The van der Waals surface area contributed by atoms with E-state index in [0.29, 0.717) is 23.5 Å². The molecule has 1 aromatic heterocycles. The SMILES string of the molecule is O=C(Nc1ccc2c(c1)N(S(=O)(=O)c1ccccc1)CCC2)c1ccsc1. The molecule has 3 aromatic rings. The molecule has 1 amide bonds. The largest absolute Gasteiger partial charge is 0.322 e. The Labute approximate surface area is 162 Å². The number of anilines is 2. The molecule has 0 aliphatic carbocycles. The lowest BCUT2D eigenvalue weighted by atomic mass is 10.0. The van der Waals surface area contributed by atoms with Crippen molar-refractivity contribution in [3.63, 3.8) is 0 Å². The highest BCUT2D eigenvalue weighted by molar-refractivity contribution is 7.92. The van der Waals surface area contributed by atoms with Crippen molar-refractivity contribution < 1.29 is 13.2 Å². The van der Waals surface area contributed by atoms with Crippen LogP contribution in [0.25, 0.3) is 0 Å². The Balaban J connectivity index is 1.68. The quantitative estimate of drug-likeness (QED) is 0.718. The lowest BCUT2D eigenvalue weighted by Gasteiger charge is -2.31. The van der Waals surface area contributed by atoms with E-state index in [1.165, 1.54) is 15.6 Å². The minimum absolute atomic E-state index is 0.204. The first-order valence-electron chi connectivity index (χ1n) is 8.60. The molecule has 0 unspecified atom stereocenters. The lowest BCUT2D eigenvalue weighted by molar-refractivity contribution is 0.102. The monoisotopic (exact) mass is 398 g/mol. The van der Waals surface area contributed by atoms with E-state index in [1.54, 1.807) is 47.8 Å². The van der Waals surface area contributed by atoms with E-state index in [2.05, 4.69) is 5.32 Å². The van der Waals surface area contributed by atoms with Gasteiger partial charge in [-0.3, -0.25) is 9.10 Å². The van der Waals surface area contributed by atoms with Crippen molar-refractivity contribution in [2.24, 2.45) is 0 Å². The molecule has 1 aliphatic heterocycles. The molecule has 0 spiro atoms. The van der Waals surface area contributed by atoms with Gasteiger partial charge >= 0.3 is 0 Å². The molecule has 0 saturated carbocycles. The second-order valence-electron chi connectivity index (χ2n) is 6.30. The van der Waals surface area contributed by atoms with E-state index >= 15 is 0 Å². The molecule has 5 nitrogen and oxygen atoms in total. The van der Waals surface area contributed by atoms with E-state index in [0.717, 1.165) is 18.4 Å². The summed E-state index contributed by atoms with van der Waals surface area (Å²) in [6.07, 6.45) is 1.58. The van der Waals surface area contributed by atoms with Crippen LogP contribution in [0.15, 0.2) is 70.3 Å². The van der Waals surface area contributed by atoms with Gasteiger partial charge in [-0.2, -0.15) is 11.3 Å². The van der Waals surface area contributed by atoms with E-state index in [-0.39, 0.29) is 10.8 Å². The second kappa shape index (κ2) is 7.17. The Morgan fingerprint density at radius 3 is 2.63 bits per heavy atom. The van der Waals surface area contributed by atoms with E-state index < -0.39 is 10.0 Å². The molecule has 7 heteroatoms.